The molecule has 0 unspecified atom stereocenters. The number of amides is 1. The summed E-state index contributed by atoms with van der Waals surface area (Å²) >= 11 is 0. The molecule has 6 nitrogen and oxygen atoms in total. The van der Waals surface area contributed by atoms with Gasteiger partial charge in [0.1, 0.15) is 11.4 Å². The fourth-order valence-electron chi connectivity index (χ4n) is 3.11. The molecule has 1 atom stereocenters. The summed E-state index contributed by atoms with van der Waals surface area (Å²) in [6.45, 7) is 1.80. The summed E-state index contributed by atoms with van der Waals surface area (Å²) in [7, 11) is 4.78. The van der Waals surface area contributed by atoms with Crippen LogP contribution >= 0.6 is 0 Å². The van der Waals surface area contributed by atoms with Crippen LogP contribution in [0.15, 0.2) is 47.4 Å². The number of methoxy groups -OCH3 is 2. The number of carbonyl (C=O) groups is 1. The Balaban J connectivity index is 1.93. The molecule has 146 valence electrons. The van der Waals surface area contributed by atoms with Crippen LogP contribution in [0.1, 0.15) is 28.9 Å². The molecule has 0 saturated heterocycles. The number of rotatable bonds is 5. The van der Waals surface area contributed by atoms with Crippen molar-refractivity contribution in [1.82, 2.24) is 9.88 Å². The molecule has 1 amide bonds. The second-order valence-corrected chi connectivity index (χ2v) is 6.45. The molecule has 0 aliphatic rings. The van der Waals surface area contributed by atoms with E-state index in [0.717, 1.165) is 11.6 Å². The SMILES string of the molecule is COc1ccc([C@H](C)NC(=O)c2cn(C)c3ccc(F)cc3c2=O)cc1OC. The van der Waals surface area contributed by atoms with Gasteiger partial charge in [-0.1, -0.05) is 6.07 Å². The van der Waals surface area contributed by atoms with E-state index in [2.05, 4.69) is 5.32 Å². The summed E-state index contributed by atoms with van der Waals surface area (Å²) in [5, 5.41) is 2.97. The van der Waals surface area contributed by atoms with Crippen LogP contribution in [0.2, 0.25) is 0 Å². The van der Waals surface area contributed by atoms with E-state index in [9.17, 15) is 14.0 Å². The molecule has 3 rings (SSSR count). The Morgan fingerprint density at radius 1 is 1.11 bits per heavy atom. The van der Waals surface area contributed by atoms with Gasteiger partial charge in [-0.15, -0.1) is 0 Å². The molecule has 0 fully saturated rings. The van der Waals surface area contributed by atoms with Crippen molar-refractivity contribution in [3.05, 3.63) is 69.8 Å². The number of aromatic nitrogens is 1. The van der Waals surface area contributed by atoms with E-state index in [4.69, 9.17) is 9.47 Å². The van der Waals surface area contributed by atoms with Gasteiger partial charge in [-0.05, 0) is 42.8 Å². The Kier molecular flexibility index (Phi) is 5.35. The van der Waals surface area contributed by atoms with Gasteiger partial charge in [0.2, 0.25) is 5.43 Å². The number of hydrogen-bond acceptors (Lipinski definition) is 4. The minimum absolute atomic E-state index is 0.0482. The van der Waals surface area contributed by atoms with Crippen molar-refractivity contribution in [3.63, 3.8) is 0 Å². The minimum atomic E-state index is -0.533. The zero-order valence-electron chi connectivity index (χ0n) is 16.1. The van der Waals surface area contributed by atoms with Crippen LogP contribution < -0.4 is 20.2 Å². The first-order chi connectivity index (χ1) is 13.3. The largest absolute Gasteiger partial charge is 0.493 e. The molecule has 2 aromatic carbocycles. The highest BCUT2D eigenvalue weighted by molar-refractivity contribution is 5.97. The minimum Gasteiger partial charge on any atom is -0.493 e. The summed E-state index contributed by atoms with van der Waals surface area (Å²) in [6, 6.07) is 8.86. The fraction of sp³-hybridized carbons (Fsp3) is 0.238. The van der Waals surface area contributed by atoms with Gasteiger partial charge >= 0.3 is 0 Å². The highest BCUT2D eigenvalue weighted by Gasteiger charge is 2.18. The lowest BCUT2D eigenvalue weighted by Gasteiger charge is -2.17. The van der Waals surface area contributed by atoms with Crippen LogP contribution in [0.3, 0.4) is 0 Å². The van der Waals surface area contributed by atoms with Crippen molar-refractivity contribution in [2.24, 2.45) is 7.05 Å². The maximum Gasteiger partial charge on any atom is 0.257 e. The van der Waals surface area contributed by atoms with Crippen LogP contribution in [0.5, 0.6) is 11.5 Å². The molecule has 1 heterocycles. The molecule has 1 aromatic heterocycles. The van der Waals surface area contributed by atoms with Crippen molar-refractivity contribution in [3.8, 4) is 11.5 Å². The van der Waals surface area contributed by atoms with Gasteiger partial charge in [-0.25, -0.2) is 4.39 Å². The Morgan fingerprint density at radius 2 is 1.82 bits per heavy atom. The average Bonchev–Trinajstić information content (AvgIpc) is 2.69. The Morgan fingerprint density at radius 3 is 2.50 bits per heavy atom. The van der Waals surface area contributed by atoms with Gasteiger partial charge in [0.25, 0.3) is 5.91 Å². The maximum absolute atomic E-state index is 13.6. The summed E-state index contributed by atoms with van der Waals surface area (Å²) in [6.07, 6.45) is 1.46. The first kappa shape index (κ1) is 19.4. The molecule has 0 spiro atoms. The van der Waals surface area contributed by atoms with E-state index in [1.807, 2.05) is 0 Å². The number of fused-ring (bicyclic) bond motifs is 1. The van der Waals surface area contributed by atoms with Gasteiger partial charge in [0.15, 0.2) is 11.5 Å². The third kappa shape index (κ3) is 3.55. The first-order valence-corrected chi connectivity index (χ1v) is 8.67. The number of benzene rings is 2. The van der Waals surface area contributed by atoms with Crippen molar-refractivity contribution >= 4 is 16.8 Å². The van der Waals surface area contributed by atoms with Crippen molar-refractivity contribution in [2.75, 3.05) is 14.2 Å². The second-order valence-electron chi connectivity index (χ2n) is 6.45. The molecule has 7 heteroatoms. The van der Waals surface area contributed by atoms with Crippen LogP contribution in [0.4, 0.5) is 4.39 Å². The summed E-state index contributed by atoms with van der Waals surface area (Å²) in [5.74, 6) is 0.0586. The van der Waals surface area contributed by atoms with Gasteiger partial charge < -0.3 is 19.4 Å². The molecule has 0 aliphatic carbocycles. The molecule has 0 radical (unpaired) electrons. The van der Waals surface area contributed by atoms with E-state index in [1.165, 1.54) is 25.4 Å². The lowest BCUT2D eigenvalue weighted by molar-refractivity contribution is 0.0938. The summed E-state index contributed by atoms with van der Waals surface area (Å²) in [4.78, 5) is 25.4. The van der Waals surface area contributed by atoms with E-state index in [1.54, 1.807) is 43.8 Å². The van der Waals surface area contributed by atoms with Crippen molar-refractivity contribution < 1.29 is 18.7 Å². The van der Waals surface area contributed by atoms with Gasteiger partial charge in [-0.3, -0.25) is 9.59 Å². The molecular formula is C21H21FN2O4. The summed E-state index contributed by atoms with van der Waals surface area (Å²) in [5.41, 5.74) is 0.781. The first-order valence-electron chi connectivity index (χ1n) is 8.67. The van der Waals surface area contributed by atoms with Crippen LogP contribution in [0.25, 0.3) is 10.9 Å². The van der Waals surface area contributed by atoms with E-state index in [-0.39, 0.29) is 17.0 Å². The Labute approximate surface area is 161 Å². The number of carbonyl (C=O) groups excluding carboxylic acids is 1. The molecule has 0 bridgehead atoms. The zero-order chi connectivity index (χ0) is 20.4. The highest BCUT2D eigenvalue weighted by Crippen LogP contribution is 2.30. The zero-order valence-corrected chi connectivity index (χ0v) is 16.1. The normalized spacial score (nSPS) is 11.9. The van der Waals surface area contributed by atoms with Crippen molar-refractivity contribution in [2.45, 2.75) is 13.0 Å². The third-order valence-corrected chi connectivity index (χ3v) is 4.65. The number of hydrogen-bond donors (Lipinski definition) is 1. The average molecular weight is 384 g/mol. The lowest BCUT2D eigenvalue weighted by Crippen LogP contribution is -2.31. The molecular weight excluding hydrogens is 363 g/mol. The highest BCUT2D eigenvalue weighted by atomic mass is 19.1. The predicted molar refractivity (Wildman–Crippen MR) is 105 cm³/mol. The lowest BCUT2D eigenvalue weighted by atomic mass is 10.1. The van der Waals surface area contributed by atoms with E-state index in [0.29, 0.717) is 17.0 Å². The van der Waals surface area contributed by atoms with E-state index < -0.39 is 17.2 Å². The molecule has 1 N–H and O–H groups in total. The van der Waals surface area contributed by atoms with Gasteiger partial charge in [0, 0.05) is 18.6 Å². The predicted octanol–water partition coefficient (Wildman–Crippen LogP) is 3.19. The number of ether oxygens (including phenoxy) is 2. The Bertz CT molecular complexity index is 1110. The number of halogens is 1. The molecule has 0 aliphatic heterocycles. The van der Waals surface area contributed by atoms with Crippen LogP contribution in [-0.2, 0) is 7.05 Å². The quantitative estimate of drug-likeness (QED) is 0.734. The Hall–Kier alpha value is -3.35. The maximum atomic E-state index is 13.6. The van der Waals surface area contributed by atoms with Gasteiger partial charge in [-0.2, -0.15) is 0 Å². The van der Waals surface area contributed by atoms with E-state index >= 15 is 0 Å². The van der Waals surface area contributed by atoms with Crippen LogP contribution in [-0.4, -0.2) is 24.7 Å². The number of nitrogens with zero attached hydrogens (tertiary/aromatic N) is 1. The topological polar surface area (TPSA) is 69.6 Å². The fourth-order valence-corrected chi connectivity index (χ4v) is 3.11. The standard InChI is InChI=1S/C21H21FN2O4/c1-12(13-5-8-18(27-3)19(9-13)28-4)23-21(26)16-11-24(2)17-7-6-14(22)10-15(17)20(16)25/h5-12H,1-4H3,(H,23,26)/t12-/m0/s1. The number of nitrogens with one attached hydrogen (secondary N) is 1. The summed E-state index contributed by atoms with van der Waals surface area (Å²) < 4.78 is 25.7. The third-order valence-electron chi connectivity index (χ3n) is 4.65. The molecule has 0 saturated carbocycles. The molecule has 3 aromatic rings. The second kappa shape index (κ2) is 7.72. The van der Waals surface area contributed by atoms with Gasteiger partial charge in [0.05, 0.1) is 25.8 Å². The monoisotopic (exact) mass is 384 g/mol. The number of aryl methyl sites for hydroxylation is 1. The molecule has 28 heavy (non-hydrogen) atoms. The van der Waals surface area contributed by atoms with Crippen LogP contribution in [0, 0.1) is 5.82 Å². The smallest absolute Gasteiger partial charge is 0.257 e. The van der Waals surface area contributed by atoms with Crippen molar-refractivity contribution in [1.29, 1.82) is 0 Å². The number of pyridine rings is 1.